The Hall–Kier alpha value is -2.00. The molecule has 0 saturated heterocycles. The van der Waals surface area contributed by atoms with Crippen molar-refractivity contribution in [1.82, 2.24) is 0 Å². The van der Waals surface area contributed by atoms with E-state index in [0.717, 1.165) is 22.6 Å². The third-order valence-corrected chi connectivity index (χ3v) is 3.05. The molecule has 0 aromatic heterocycles. The van der Waals surface area contributed by atoms with Crippen molar-refractivity contribution in [3.8, 4) is 11.5 Å². The summed E-state index contributed by atoms with van der Waals surface area (Å²) >= 11 is 0. The van der Waals surface area contributed by atoms with Gasteiger partial charge >= 0.3 is 0 Å². The second-order valence-corrected chi connectivity index (χ2v) is 4.39. The van der Waals surface area contributed by atoms with Crippen LogP contribution in [-0.2, 0) is 6.61 Å². The van der Waals surface area contributed by atoms with E-state index in [1.54, 1.807) is 0 Å². The van der Waals surface area contributed by atoms with E-state index in [2.05, 4.69) is 0 Å². The van der Waals surface area contributed by atoms with E-state index in [9.17, 15) is 0 Å². The van der Waals surface area contributed by atoms with Crippen molar-refractivity contribution >= 4 is 0 Å². The van der Waals surface area contributed by atoms with E-state index < -0.39 is 0 Å². The van der Waals surface area contributed by atoms with Gasteiger partial charge in [0, 0.05) is 5.56 Å². The number of hydrogen-bond donors (Lipinski definition) is 1. The fourth-order valence-corrected chi connectivity index (χ4v) is 2.05. The van der Waals surface area contributed by atoms with E-state index in [1.165, 1.54) is 0 Å². The number of ether oxygens (including phenoxy) is 2. The first-order valence-corrected chi connectivity index (χ1v) is 6.02. The molecule has 3 rings (SSSR count). The van der Waals surface area contributed by atoms with Crippen LogP contribution in [0, 0.1) is 0 Å². The van der Waals surface area contributed by atoms with Gasteiger partial charge < -0.3 is 15.2 Å². The average Bonchev–Trinajstić information content (AvgIpc) is 2.79. The first-order valence-electron chi connectivity index (χ1n) is 6.02. The Bertz CT molecular complexity index is 539. The van der Waals surface area contributed by atoms with Crippen molar-refractivity contribution in [1.29, 1.82) is 0 Å². The van der Waals surface area contributed by atoms with Gasteiger partial charge in [0.15, 0.2) is 0 Å². The maximum Gasteiger partial charge on any atom is 0.124 e. The molecule has 1 aliphatic heterocycles. The summed E-state index contributed by atoms with van der Waals surface area (Å²) in [5, 5.41) is 0. The predicted molar refractivity (Wildman–Crippen MR) is 69.6 cm³/mol. The Morgan fingerprint density at radius 2 is 2.00 bits per heavy atom. The Balaban J connectivity index is 1.72. The van der Waals surface area contributed by atoms with Crippen LogP contribution in [0.4, 0.5) is 0 Å². The van der Waals surface area contributed by atoms with Gasteiger partial charge in [-0.15, -0.1) is 0 Å². The van der Waals surface area contributed by atoms with Crippen LogP contribution in [0.15, 0.2) is 48.5 Å². The summed E-state index contributed by atoms with van der Waals surface area (Å²) in [6, 6.07) is 15.9. The maximum atomic E-state index is 5.94. The standard InChI is InChI=1S/C15H15NO2/c16-14-10-18-15-7-6-12(8-13(14)15)17-9-11-4-2-1-3-5-11/h1-8,14H,9-10,16H2. The fourth-order valence-electron chi connectivity index (χ4n) is 2.05. The van der Waals surface area contributed by atoms with Crippen molar-refractivity contribution < 1.29 is 9.47 Å². The monoisotopic (exact) mass is 241 g/mol. The summed E-state index contributed by atoms with van der Waals surface area (Å²) in [6.07, 6.45) is 0. The molecule has 0 bridgehead atoms. The van der Waals surface area contributed by atoms with Gasteiger partial charge in [-0.25, -0.2) is 0 Å². The van der Waals surface area contributed by atoms with Gasteiger partial charge in [0.25, 0.3) is 0 Å². The summed E-state index contributed by atoms with van der Waals surface area (Å²) < 4.78 is 11.2. The van der Waals surface area contributed by atoms with Crippen molar-refractivity contribution in [2.24, 2.45) is 5.73 Å². The highest BCUT2D eigenvalue weighted by atomic mass is 16.5. The predicted octanol–water partition coefficient (Wildman–Crippen LogP) is 2.66. The summed E-state index contributed by atoms with van der Waals surface area (Å²) in [4.78, 5) is 0. The normalized spacial score (nSPS) is 17.1. The lowest BCUT2D eigenvalue weighted by molar-refractivity contribution is 0.305. The zero-order valence-electron chi connectivity index (χ0n) is 10.0. The first-order chi connectivity index (χ1) is 8.83. The molecule has 0 aliphatic carbocycles. The molecule has 2 aromatic rings. The molecular formula is C15H15NO2. The Morgan fingerprint density at radius 3 is 2.83 bits per heavy atom. The molecule has 1 atom stereocenters. The van der Waals surface area contributed by atoms with Gasteiger partial charge in [-0.05, 0) is 23.8 Å². The lowest BCUT2D eigenvalue weighted by Crippen LogP contribution is -2.10. The smallest absolute Gasteiger partial charge is 0.124 e. The van der Waals surface area contributed by atoms with Crippen molar-refractivity contribution in [2.45, 2.75) is 12.6 Å². The number of nitrogens with two attached hydrogens (primary N) is 1. The summed E-state index contributed by atoms with van der Waals surface area (Å²) in [5.74, 6) is 1.70. The second kappa shape index (κ2) is 4.70. The fraction of sp³-hybridized carbons (Fsp3) is 0.200. The minimum atomic E-state index is -0.0414. The van der Waals surface area contributed by atoms with Gasteiger partial charge in [-0.2, -0.15) is 0 Å². The van der Waals surface area contributed by atoms with Crippen LogP contribution >= 0.6 is 0 Å². The lowest BCUT2D eigenvalue weighted by Gasteiger charge is -2.08. The quantitative estimate of drug-likeness (QED) is 0.898. The van der Waals surface area contributed by atoms with Gasteiger partial charge in [-0.3, -0.25) is 0 Å². The molecular weight excluding hydrogens is 226 g/mol. The van der Waals surface area contributed by atoms with Gasteiger partial charge in [0.05, 0.1) is 6.04 Å². The molecule has 1 aliphatic rings. The highest BCUT2D eigenvalue weighted by Gasteiger charge is 2.20. The maximum absolute atomic E-state index is 5.94. The van der Waals surface area contributed by atoms with Crippen molar-refractivity contribution in [3.63, 3.8) is 0 Å². The third kappa shape index (κ3) is 2.17. The van der Waals surface area contributed by atoms with E-state index in [1.807, 2.05) is 48.5 Å². The van der Waals surface area contributed by atoms with Crippen LogP contribution in [-0.4, -0.2) is 6.61 Å². The van der Waals surface area contributed by atoms with Crippen LogP contribution in [0.5, 0.6) is 11.5 Å². The Kier molecular flexibility index (Phi) is 2.90. The van der Waals surface area contributed by atoms with Crippen LogP contribution in [0.25, 0.3) is 0 Å². The summed E-state index contributed by atoms with van der Waals surface area (Å²) in [7, 11) is 0. The molecule has 92 valence electrons. The summed E-state index contributed by atoms with van der Waals surface area (Å²) in [6.45, 7) is 1.12. The highest BCUT2D eigenvalue weighted by Crippen LogP contribution is 2.33. The van der Waals surface area contributed by atoms with Gasteiger partial charge in [-0.1, -0.05) is 30.3 Å². The second-order valence-electron chi connectivity index (χ2n) is 4.39. The van der Waals surface area contributed by atoms with Crippen LogP contribution in [0.3, 0.4) is 0 Å². The molecule has 2 aromatic carbocycles. The molecule has 3 nitrogen and oxygen atoms in total. The average molecular weight is 241 g/mol. The molecule has 18 heavy (non-hydrogen) atoms. The number of hydrogen-bond acceptors (Lipinski definition) is 3. The molecule has 2 N–H and O–H groups in total. The number of fused-ring (bicyclic) bond motifs is 1. The van der Waals surface area contributed by atoms with E-state index in [-0.39, 0.29) is 6.04 Å². The largest absolute Gasteiger partial charge is 0.491 e. The molecule has 0 spiro atoms. The molecule has 0 amide bonds. The molecule has 1 heterocycles. The van der Waals surface area contributed by atoms with E-state index in [0.29, 0.717) is 13.2 Å². The van der Waals surface area contributed by atoms with E-state index in [4.69, 9.17) is 15.2 Å². The van der Waals surface area contributed by atoms with Gasteiger partial charge in [0.2, 0.25) is 0 Å². The molecule has 0 saturated carbocycles. The molecule has 0 radical (unpaired) electrons. The highest BCUT2D eigenvalue weighted by molar-refractivity contribution is 5.44. The van der Waals surface area contributed by atoms with Crippen molar-refractivity contribution in [3.05, 3.63) is 59.7 Å². The van der Waals surface area contributed by atoms with Crippen LogP contribution in [0.2, 0.25) is 0 Å². The number of benzene rings is 2. The van der Waals surface area contributed by atoms with Crippen LogP contribution in [0.1, 0.15) is 17.2 Å². The van der Waals surface area contributed by atoms with Crippen molar-refractivity contribution in [2.75, 3.05) is 6.61 Å². The van der Waals surface area contributed by atoms with E-state index >= 15 is 0 Å². The lowest BCUT2D eigenvalue weighted by atomic mass is 10.1. The Labute approximate surface area is 106 Å². The zero-order valence-corrected chi connectivity index (χ0v) is 10.0. The summed E-state index contributed by atoms with van der Waals surface area (Å²) in [5.41, 5.74) is 8.12. The zero-order chi connectivity index (χ0) is 12.4. The molecule has 3 heteroatoms. The minimum absolute atomic E-state index is 0.0414. The SMILES string of the molecule is NC1COc2ccc(OCc3ccccc3)cc21. The minimum Gasteiger partial charge on any atom is -0.491 e. The topological polar surface area (TPSA) is 44.5 Å². The number of rotatable bonds is 3. The molecule has 0 fully saturated rings. The first kappa shape index (κ1) is 11.1. The molecule has 1 unspecified atom stereocenters. The Morgan fingerprint density at radius 1 is 1.17 bits per heavy atom. The van der Waals surface area contributed by atoms with Gasteiger partial charge in [0.1, 0.15) is 24.7 Å². The third-order valence-electron chi connectivity index (χ3n) is 3.05. The van der Waals surface area contributed by atoms with Crippen LogP contribution < -0.4 is 15.2 Å².